The van der Waals surface area contributed by atoms with E-state index >= 15 is 0 Å². The summed E-state index contributed by atoms with van der Waals surface area (Å²) in [5, 5.41) is 8.63. The number of hydrogen-bond donors (Lipinski definition) is 2. The van der Waals surface area contributed by atoms with Crippen LogP contribution >= 0.6 is 0 Å². The van der Waals surface area contributed by atoms with Crippen LogP contribution in [0.25, 0.3) is 0 Å². The lowest BCUT2D eigenvalue weighted by Gasteiger charge is -2.30. The minimum atomic E-state index is 0.359. The van der Waals surface area contributed by atoms with Gasteiger partial charge in [0.1, 0.15) is 0 Å². The largest absolute Gasteiger partial charge is 0.468 e. The number of nitrogens with one attached hydrogen (secondary N) is 1. The molecule has 1 saturated heterocycles. The molecular formula is C9H19NO. The predicted molar refractivity (Wildman–Crippen MR) is 45.1 cm³/mol. The minimum absolute atomic E-state index is 0.359. The molecule has 1 fully saturated rings. The molecule has 0 aromatic rings. The molecule has 11 heavy (non-hydrogen) atoms. The maximum absolute atomic E-state index is 8.63. The summed E-state index contributed by atoms with van der Waals surface area (Å²) in [5.41, 5.74) is 0. The Kier molecular flexibility index (Phi) is 3.87. The van der Waals surface area contributed by atoms with E-state index in [0.717, 1.165) is 12.3 Å². The molecule has 1 aliphatic heterocycles. The van der Waals surface area contributed by atoms with E-state index in [4.69, 9.17) is 5.11 Å². The van der Waals surface area contributed by atoms with E-state index in [2.05, 4.69) is 7.05 Å². The number of aliphatic hydroxyl groups excluding tert-OH is 1. The first kappa shape index (κ1) is 9.01. The normalized spacial score (nSPS) is 32.2. The van der Waals surface area contributed by atoms with E-state index in [1.54, 1.807) is 0 Å². The monoisotopic (exact) mass is 157 g/mol. The molecular weight excluding hydrogens is 138 g/mol. The predicted octanol–water partition coefficient (Wildman–Crippen LogP) is -0.155. The van der Waals surface area contributed by atoms with Crippen molar-refractivity contribution in [3.05, 3.63) is 7.05 Å². The topological polar surface area (TPSA) is 24.7 Å². The molecule has 0 aliphatic carbocycles. The number of aliphatic hydroxyl groups is 1. The van der Waals surface area contributed by atoms with Gasteiger partial charge in [0.15, 0.2) is 0 Å². The lowest BCUT2D eigenvalue weighted by molar-refractivity contribution is -0.860. The molecule has 0 spiro atoms. The number of likely N-dealkylation sites (tertiary alicyclic amines) is 1. The summed E-state index contributed by atoms with van der Waals surface area (Å²) in [6, 6.07) is 0. The molecule has 1 aliphatic rings. The van der Waals surface area contributed by atoms with Gasteiger partial charge in [-0.25, -0.2) is 0 Å². The van der Waals surface area contributed by atoms with E-state index in [-0.39, 0.29) is 0 Å². The molecule has 2 heteroatoms. The smallest absolute Gasteiger partial charge is 0.0533 e. The third-order valence-electron chi connectivity index (χ3n) is 2.58. The van der Waals surface area contributed by atoms with Crippen molar-refractivity contribution < 1.29 is 10.0 Å². The fourth-order valence-electron chi connectivity index (χ4n) is 1.75. The quantitative estimate of drug-likeness (QED) is 0.547. The van der Waals surface area contributed by atoms with Crippen LogP contribution in [0.1, 0.15) is 25.7 Å². The van der Waals surface area contributed by atoms with E-state index < -0.39 is 0 Å². The van der Waals surface area contributed by atoms with Gasteiger partial charge in [-0.15, -0.1) is 0 Å². The lowest BCUT2D eigenvalue weighted by Crippen LogP contribution is -3.08. The van der Waals surface area contributed by atoms with Crippen molar-refractivity contribution in [3.63, 3.8) is 0 Å². The van der Waals surface area contributed by atoms with E-state index in [9.17, 15) is 0 Å². The van der Waals surface area contributed by atoms with Crippen molar-refractivity contribution in [1.29, 1.82) is 0 Å². The summed E-state index contributed by atoms with van der Waals surface area (Å²) in [5.74, 6) is 0.868. The van der Waals surface area contributed by atoms with E-state index in [1.165, 1.54) is 37.3 Å². The van der Waals surface area contributed by atoms with Crippen molar-refractivity contribution in [1.82, 2.24) is 0 Å². The zero-order valence-electron chi connectivity index (χ0n) is 7.18. The summed E-state index contributed by atoms with van der Waals surface area (Å²) in [6.07, 6.45) is 4.80. The number of rotatable bonds is 3. The second kappa shape index (κ2) is 4.73. The highest BCUT2D eigenvalue weighted by Crippen LogP contribution is 2.15. The van der Waals surface area contributed by atoms with E-state index in [0.29, 0.717) is 6.61 Å². The van der Waals surface area contributed by atoms with Crippen LogP contribution in [-0.4, -0.2) is 24.8 Å². The molecule has 0 aromatic carbocycles. The second-order valence-electron chi connectivity index (χ2n) is 3.56. The average Bonchev–Trinajstić information content (AvgIpc) is 2.04. The summed E-state index contributed by atoms with van der Waals surface area (Å²) < 4.78 is 0. The van der Waals surface area contributed by atoms with Crippen molar-refractivity contribution in [2.75, 3.05) is 19.7 Å². The zero-order valence-corrected chi connectivity index (χ0v) is 7.18. The highest BCUT2D eigenvalue weighted by atomic mass is 16.2. The Morgan fingerprint density at radius 2 is 2.00 bits per heavy atom. The zero-order chi connectivity index (χ0) is 8.10. The Morgan fingerprint density at radius 3 is 2.55 bits per heavy atom. The molecule has 0 unspecified atom stereocenters. The molecule has 66 valence electrons. The average molecular weight is 157 g/mol. The second-order valence-corrected chi connectivity index (χ2v) is 3.56. The van der Waals surface area contributed by atoms with Gasteiger partial charge in [0.05, 0.1) is 13.1 Å². The summed E-state index contributed by atoms with van der Waals surface area (Å²) in [6.45, 7) is 2.80. The summed E-state index contributed by atoms with van der Waals surface area (Å²) in [7, 11) is 3.98. The molecule has 1 heterocycles. The fraction of sp³-hybridized carbons (Fsp3) is 0.889. The molecule has 0 radical (unpaired) electrons. The highest BCUT2D eigenvalue weighted by molar-refractivity contribution is 4.61. The minimum Gasteiger partial charge on any atom is -0.468 e. The van der Waals surface area contributed by atoms with Crippen molar-refractivity contribution in [2.45, 2.75) is 25.7 Å². The Morgan fingerprint density at radius 1 is 1.36 bits per heavy atom. The first-order chi connectivity index (χ1) is 5.33. The molecule has 0 bridgehead atoms. The van der Waals surface area contributed by atoms with Crippen LogP contribution in [0.4, 0.5) is 0 Å². The van der Waals surface area contributed by atoms with Crippen molar-refractivity contribution >= 4 is 0 Å². The van der Waals surface area contributed by atoms with Crippen LogP contribution in [0.5, 0.6) is 0 Å². The molecule has 0 aromatic heterocycles. The van der Waals surface area contributed by atoms with Gasteiger partial charge in [-0.05, 0) is 31.6 Å². The van der Waals surface area contributed by atoms with Crippen LogP contribution in [0.15, 0.2) is 0 Å². The summed E-state index contributed by atoms with van der Waals surface area (Å²) in [4.78, 5) is 1.42. The van der Waals surface area contributed by atoms with Crippen LogP contribution in [0, 0.1) is 13.0 Å². The lowest BCUT2D eigenvalue weighted by atomic mass is 9.93. The molecule has 0 amide bonds. The standard InChI is InChI=1S/C9H19NO/c1-10-6-4-9(5-7-10)3-2-8-11/h9-11H,1-8H2. The van der Waals surface area contributed by atoms with Gasteiger partial charge in [0, 0.05) is 6.61 Å². The van der Waals surface area contributed by atoms with Gasteiger partial charge in [0.25, 0.3) is 0 Å². The molecule has 1 rings (SSSR count). The number of quaternary nitrogens is 1. The van der Waals surface area contributed by atoms with Crippen LogP contribution in [0.2, 0.25) is 0 Å². The maximum atomic E-state index is 8.63. The maximum Gasteiger partial charge on any atom is 0.0533 e. The third-order valence-corrected chi connectivity index (χ3v) is 2.58. The van der Waals surface area contributed by atoms with Crippen molar-refractivity contribution in [3.8, 4) is 0 Å². The Hall–Kier alpha value is -0.0800. The van der Waals surface area contributed by atoms with Gasteiger partial charge < -0.3 is 10.0 Å². The fourth-order valence-corrected chi connectivity index (χ4v) is 1.75. The van der Waals surface area contributed by atoms with Gasteiger partial charge in [-0.3, -0.25) is 0 Å². The Balaban J connectivity index is 2.07. The first-order valence-electron chi connectivity index (χ1n) is 4.60. The molecule has 2 nitrogen and oxygen atoms in total. The molecule has 0 atom stereocenters. The first-order valence-corrected chi connectivity index (χ1v) is 4.60. The Bertz CT molecular complexity index is 95.0. The number of piperidine rings is 1. The van der Waals surface area contributed by atoms with E-state index in [1.807, 2.05) is 0 Å². The van der Waals surface area contributed by atoms with Gasteiger partial charge in [-0.1, -0.05) is 0 Å². The highest BCUT2D eigenvalue weighted by Gasteiger charge is 2.15. The summed E-state index contributed by atoms with van der Waals surface area (Å²) >= 11 is 0. The van der Waals surface area contributed by atoms with Crippen molar-refractivity contribution in [2.24, 2.45) is 5.92 Å². The molecule has 2 N–H and O–H groups in total. The van der Waals surface area contributed by atoms with Crippen LogP contribution in [-0.2, 0) is 0 Å². The van der Waals surface area contributed by atoms with Gasteiger partial charge >= 0.3 is 0 Å². The third kappa shape index (κ3) is 3.21. The van der Waals surface area contributed by atoms with Gasteiger partial charge in [-0.2, -0.15) is 7.05 Å². The van der Waals surface area contributed by atoms with Gasteiger partial charge in [0.2, 0.25) is 0 Å². The SMILES string of the molecule is [CH2-][NH+]1CCC(CCCO)CC1. The number of hydrogen-bond acceptors (Lipinski definition) is 1. The van der Waals surface area contributed by atoms with Crippen LogP contribution < -0.4 is 4.90 Å². The molecule has 0 saturated carbocycles. The Labute approximate surface area is 69.2 Å². The van der Waals surface area contributed by atoms with Crippen LogP contribution in [0.3, 0.4) is 0 Å².